The average Bonchev–Trinajstić information content (AvgIpc) is 2.30. The summed E-state index contributed by atoms with van der Waals surface area (Å²) in [5.74, 6) is 0.822. The van der Waals surface area contributed by atoms with Crippen molar-refractivity contribution in [3.05, 3.63) is 51.7 Å². The highest BCUT2D eigenvalue weighted by molar-refractivity contribution is 9.10. The van der Waals surface area contributed by atoms with Crippen molar-refractivity contribution in [2.45, 2.75) is 10.6 Å². The van der Waals surface area contributed by atoms with Crippen molar-refractivity contribution in [1.29, 1.82) is 0 Å². The molecule has 2 N–H and O–H groups in total. The number of hydrogen-bond donors (Lipinski definition) is 1. The van der Waals surface area contributed by atoms with Crippen molar-refractivity contribution in [2.24, 2.45) is 0 Å². The van der Waals surface area contributed by atoms with Crippen LogP contribution >= 0.6 is 39.3 Å². The van der Waals surface area contributed by atoms with Gasteiger partial charge in [-0.25, -0.2) is 4.98 Å². The number of halogens is 2. The normalized spacial score (nSPS) is 10.5. The van der Waals surface area contributed by atoms with Crippen LogP contribution in [0.25, 0.3) is 0 Å². The fourth-order valence-corrected chi connectivity index (χ4v) is 2.98. The second-order valence-electron chi connectivity index (χ2n) is 3.46. The molecule has 0 spiro atoms. The Morgan fingerprint density at radius 3 is 2.88 bits per heavy atom. The first kappa shape index (κ1) is 12.7. The summed E-state index contributed by atoms with van der Waals surface area (Å²) in [7, 11) is 0. The van der Waals surface area contributed by atoms with E-state index >= 15 is 0 Å². The minimum absolute atomic E-state index is 0.519. The van der Waals surface area contributed by atoms with Gasteiger partial charge in [-0.05, 0) is 35.9 Å². The minimum atomic E-state index is 0.519. The van der Waals surface area contributed by atoms with Gasteiger partial charge in [0.1, 0.15) is 5.15 Å². The molecular weight excluding hydrogens is 320 g/mol. The zero-order valence-corrected chi connectivity index (χ0v) is 12.0. The molecular formula is C12H10BrClN2S. The van der Waals surface area contributed by atoms with Crippen molar-refractivity contribution in [2.75, 3.05) is 5.73 Å². The van der Waals surface area contributed by atoms with Crippen LogP contribution in [0, 0.1) is 0 Å². The minimum Gasteiger partial charge on any atom is -0.398 e. The highest BCUT2D eigenvalue weighted by Crippen LogP contribution is 2.30. The third-order valence-electron chi connectivity index (χ3n) is 2.16. The van der Waals surface area contributed by atoms with Crippen LogP contribution in [0.4, 0.5) is 5.69 Å². The maximum Gasteiger partial charge on any atom is 0.129 e. The Labute approximate surface area is 118 Å². The Bertz CT molecular complexity index is 534. The predicted octanol–water partition coefficient (Wildman–Crippen LogP) is 4.37. The molecule has 88 valence electrons. The van der Waals surface area contributed by atoms with Crippen LogP contribution < -0.4 is 5.73 Å². The van der Waals surface area contributed by atoms with Crippen LogP contribution in [0.1, 0.15) is 5.56 Å². The van der Waals surface area contributed by atoms with Crippen molar-refractivity contribution < 1.29 is 0 Å². The van der Waals surface area contributed by atoms with E-state index in [0.717, 1.165) is 26.4 Å². The average molecular weight is 330 g/mol. The van der Waals surface area contributed by atoms with Crippen LogP contribution in [0.15, 0.2) is 45.9 Å². The third kappa shape index (κ3) is 3.63. The highest BCUT2D eigenvalue weighted by Gasteiger charge is 2.02. The predicted molar refractivity (Wildman–Crippen MR) is 77.4 cm³/mol. The number of benzene rings is 1. The standard InChI is InChI=1S/C12H10BrClN2S/c13-9-1-2-10(15)11(6-9)17-7-8-3-4-16-12(14)5-8/h1-6H,7,15H2. The summed E-state index contributed by atoms with van der Waals surface area (Å²) in [5.41, 5.74) is 7.83. The van der Waals surface area contributed by atoms with E-state index in [1.54, 1.807) is 18.0 Å². The van der Waals surface area contributed by atoms with Crippen molar-refractivity contribution in [3.8, 4) is 0 Å². The lowest BCUT2D eigenvalue weighted by atomic mass is 10.3. The molecule has 2 nitrogen and oxygen atoms in total. The Hall–Kier alpha value is -0.710. The van der Waals surface area contributed by atoms with Gasteiger partial charge in [0.15, 0.2) is 0 Å². The summed E-state index contributed by atoms with van der Waals surface area (Å²) in [6.45, 7) is 0. The third-order valence-corrected chi connectivity index (χ3v) is 4.00. The number of nitrogens with two attached hydrogens (primary N) is 1. The molecule has 5 heteroatoms. The number of nitrogens with zero attached hydrogens (tertiary/aromatic N) is 1. The molecule has 1 heterocycles. The van der Waals surface area contributed by atoms with Crippen LogP contribution in [0.3, 0.4) is 0 Å². The van der Waals surface area contributed by atoms with E-state index in [4.69, 9.17) is 17.3 Å². The van der Waals surface area contributed by atoms with Crippen LogP contribution in [0.5, 0.6) is 0 Å². The monoisotopic (exact) mass is 328 g/mol. The molecule has 0 aliphatic rings. The summed E-state index contributed by atoms with van der Waals surface area (Å²) in [5, 5.41) is 0.519. The van der Waals surface area contributed by atoms with Gasteiger partial charge >= 0.3 is 0 Å². The van der Waals surface area contributed by atoms with Gasteiger partial charge in [-0.3, -0.25) is 0 Å². The van der Waals surface area contributed by atoms with E-state index in [0.29, 0.717) is 5.15 Å². The maximum atomic E-state index is 5.90. The lowest BCUT2D eigenvalue weighted by Crippen LogP contribution is -1.89. The Balaban J connectivity index is 2.09. The van der Waals surface area contributed by atoms with E-state index in [1.807, 2.05) is 30.3 Å². The highest BCUT2D eigenvalue weighted by atomic mass is 79.9. The molecule has 0 saturated carbocycles. The van der Waals surface area contributed by atoms with Gasteiger partial charge in [-0.15, -0.1) is 11.8 Å². The zero-order valence-electron chi connectivity index (χ0n) is 8.86. The van der Waals surface area contributed by atoms with Crippen molar-refractivity contribution in [3.63, 3.8) is 0 Å². The van der Waals surface area contributed by atoms with Crippen LogP contribution in [-0.4, -0.2) is 4.98 Å². The summed E-state index contributed by atoms with van der Waals surface area (Å²) in [6.07, 6.45) is 1.71. The number of thioether (sulfide) groups is 1. The van der Waals surface area contributed by atoms with Crippen LogP contribution in [0.2, 0.25) is 5.15 Å². The molecule has 0 radical (unpaired) electrons. The number of pyridine rings is 1. The second-order valence-corrected chi connectivity index (χ2v) is 5.78. The lowest BCUT2D eigenvalue weighted by molar-refractivity contribution is 1.27. The van der Waals surface area contributed by atoms with Gasteiger partial charge in [0.2, 0.25) is 0 Å². The Morgan fingerprint density at radius 1 is 1.29 bits per heavy atom. The van der Waals surface area contributed by atoms with Gasteiger partial charge in [-0.2, -0.15) is 0 Å². The van der Waals surface area contributed by atoms with E-state index in [1.165, 1.54) is 0 Å². The lowest BCUT2D eigenvalue weighted by Gasteiger charge is -2.06. The molecule has 0 unspecified atom stereocenters. The first-order valence-corrected chi connectivity index (χ1v) is 7.09. The van der Waals surface area contributed by atoms with Gasteiger partial charge in [-0.1, -0.05) is 27.5 Å². The molecule has 0 atom stereocenters. The topological polar surface area (TPSA) is 38.9 Å². The van der Waals surface area contributed by atoms with E-state index in [9.17, 15) is 0 Å². The van der Waals surface area contributed by atoms with Gasteiger partial charge < -0.3 is 5.73 Å². The Morgan fingerprint density at radius 2 is 2.12 bits per heavy atom. The fraction of sp³-hybridized carbons (Fsp3) is 0.0833. The zero-order chi connectivity index (χ0) is 12.3. The summed E-state index contributed by atoms with van der Waals surface area (Å²) in [6, 6.07) is 9.66. The maximum absolute atomic E-state index is 5.90. The van der Waals surface area contributed by atoms with E-state index < -0.39 is 0 Å². The molecule has 1 aromatic carbocycles. The van der Waals surface area contributed by atoms with Gasteiger partial charge in [0, 0.05) is 27.0 Å². The molecule has 0 amide bonds. The van der Waals surface area contributed by atoms with E-state index in [2.05, 4.69) is 20.9 Å². The molecule has 2 rings (SSSR count). The molecule has 0 fully saturated rings. The SMILES string of the molecule is Nc1ccc(Br)cc1SCc1ccnc(Cl)c1. The summed E-state index contributed by atoms with van der Waals surface area (Å²) in [4.78, 5) is 5.01. The molecule has 0 aliphatic heterocycles. The molecule has 0 saturated heterocycles. The van der Waals surface area contributed by atoms with Crippen LogP contribution in [-0.2, 0) is 5.75 Å². The number of aromatic nitrogens is 1. The molecule has 0 aliphatic carbocycles. The fourth-order valence-electron chi connectivity index (χ4n) is 1.33. The molecule has 1 aromatic heterocycles. The molecule has 2 aromatic rings. The number of rotatable bonds is 3. The van der Waals surface area contributed by atoms with E-state index in [-0.39, 0.29) is 0 Å². The van der Waals surface area contributed by atoms with Crippen molar-refractivity contribution in [1.82, 2.24) is 4.98 Å². The molecule has 0 bridgehead atoms. The largest absolute Gasteiger partial charge is 0.398 e. The number of nitrogen functional groups attached to an aromatic ring is 1. The molecule has 17 heavy (non-hydrogen) atoms. The van der Waals surface area contributed by atoms with Crippen molar-refractivity contribution >= 4 is 45.0 Å². The quantitative estimate of drug-likeness (QED) is 0.516. The smallest absolute Gasteiger partial charge is 0.129 e. The first-order chi connectivity index (χ1) is 8.15. The van der Waals surface area contributed by atoms with Gasteiger partial charge in [0.25, 0.3) is 0 Å². The second kappa shape index (κ2) is 5.76. The summed E-state index contributed by atoms with van der Waals surface area (Å²) < 4.78 is 1.03. The number of anilines is 1. The Kier molecular flexibility index (Phi) is 4.31. The summed E-state index contributed by atoms with van der Waals surface area (Å²) >= 11 is 10.9. The van der Waals surface area contributed by atoms with Gasteiger partial charge in [0.05, 0.1) is 0 Å². The number of hydrogen-bond acceptors (Lipinski definition) is 3. The first-order valence-electron chi connectivity index (χ1n) is 4.93.